The van der Waals surface area contributed by atoms with E-state index in [1.165, 1.54) is 28.1 Å². The molecule has 0 bridgehead atoms. The third-order valence-electron chi connectivity index (χ3n) is 4.53. The van der Waals surface area contributed by atoms with Gasteiger partial charge in [0.2, 0.25) is 5.16 Å². The molecule has 31 heavy (non-hydrogen) atoms. The summed E-state index contributed by atoms with van der Waals surface area (Å²) in [7, 11) is 0. The number of nitrogen functional groups attached to an aromatic ring is 1. The van der Waals surface area contributed by atoms with E-state index in [1.54, 1.807) is 24.3 Å². The minimum Gasteiger partial charge on any atom is -0.382 e. The average molecular weight is 464 g/mol. The second-order valence-electron chi connectivity index (χ2n) is 6.72. The summed E-state index contributed by atoms with van der Waals surface area (Å²) in [5, 5.41) is 24.3. The largest absolute Gasteiger partial charge is 0.382 e. The standard InChI is InChI=1S/C19H16ClF2N7OS/c20-13-3-1-12(2-4-13)17-26-27-18(29(17)23)31-9-19(30,8-28-11-24-10-25-28)15-6-5-14(21)7-16(15)22/h1-7,10-11,30H,8-9,23H2. The molecule has 0 aliphatic carbocycles. The van der Waals surface area contributed by atoms with Crippen molar-refractivity contribution in [3.63, 3.8) is 0 Å². The van der Waals surface area contributed by atoms with Gasteiger partial charge in [0.1, 0.15) is 29.9 Å². The van der Waals surface area contributed by atoms with E-state index in [0.717, 1.165) is 23.9 Å². The summed E-state index contributed by atoms with van der Waals surface area (Å²) >= 11 is 6.98. The molecule has 2 aromatic heterocycles. The minimum absolute atomic E-state index is 0.0641. The van der Waals surface area contributed by atoms with Crippen molar-refractivity contribution < 1.29 is 13.9 Å². The lowest BCUT2D eigenvalue weighted by Crippen LogP contribution is -2.35. The maximum absolute atomic E-state index is 14.5. The normalized spacial score (nSPS) is 13.3. The van der Waals surface area contributed by atoms with Gasteiger partial charge >= 0.3 is 0 Å². The van der Waals surface area contributed by atoms with Crippen molar-refractivity contribution in [2.45, 2.75) is 17.3 Å². The van der Waals surface area contributed by atoms with E-state index in [9.17, 15) is 13.9 Å². The van der Waals surface area contributed by atoms with Gasteiger partial charge in [0.05, 0.1) is 6.54 Å². The van der Waals surface area contributed by atoms with E-state index >= 15 is 0 Å². The molecule has 4 rings (SSSR count). The van der Waals surface area contributed by atoms with Gasteiger partial charge in [-0.25, -0.2) is 23.1 Å². The van der Waals surface area contributed by atoms with Gasteiger partial charge in [-0.05, 0) is 30.3 Å². The molecule has 0 radical (unpaired) electrons. The van der Waals surface area contributed by atoms with Crippen LogP contribution in [0.1, 0.15) is 5.56 Å². The molecular formula is C19H16ClF2N7OS. The third-order valence-corrected chi connectivity index (χ3v) is 5.94. The fourth-order valence-corrected chi connectivity index (χ4v) is 4.08. The molecule has 0 spiro atoms. The summed E-state index contributed by atoms with van der Waals surface area (Å²) in [5.74, 6) is 4.84. The average Bonchev–Trinajstić information content (AvgIpc) is 3.36. The van der Waals surface area contributed by atoms with Crippen molar-refractivity contribution >= 4 is 23.4 Å². The predicted molar refractivity (Wildman–Crippen MR) is 112 cm³/mol. The number of benzene rings is 2. The zero-order valence-electron chi connectivity index (χ0n) is 15.9. The Morgan fingerprint density at radius 3 is 2.58 bits per heavy atom. The Kier molecular flexibility index (Phi) is 5.90. The quantitative estimate of drug-likeness (QED) is 0.320. The van der Waals surface area contributed by atoms with E-state index in [0.29, 0.717) is 21.6 Å². The number of nitrogens with two attached hydrogens (primary N) is 1. The maximum atomic E-state index is 14.5. The molecule has 4 aromatic rings. The van der Waals surface area contributed by atoms with Gasteiger partial charge < -0.3 is 10.9 Å². The molecule has 12 heteroatoms. The smallest absolute Gasteiger partial charge is 0.210 e. The van der Waals surface area contributed by atoms with Crippen LogP contribution < -0.4 is 5.84 Å². The molecular weight excluding hydrogens is 448 g/mol. The Bertz CT molecular complexity index is 1190. The van der Waals surface area contributed by atoms with Crippen molar-refractivity contribution in [1.29, 1.82) is 0 Å². The third kappa shape index (κ3) is 4.53. The molecule has 8 nitrogen and oxygen atoms in total. The predicted octanol–water partition coefficient (Wildman–Crippen LogP) is 2.86. The van der Waals surface area contributed by atoms with Crippen LogP contribution in [0.4, 0.5) is 8.78 Å². The fraction of sp³-hybridized carbons (Fsp3) is 0.158. The van der Waals surface area contributed by atoms with Gasteiger partial charge in [-0.15, -0.1) is 10.2 Å². The van der Waals surface area contributed by atoms with Gasteiger partial charge in [0, 0.05) is 28.0 Å². The van der Waals surface area contributed by atoms with E-state index < -0.39 is 17.2 Å². The van der Waals surface area contributed by atoms with Crippen molar-refractivity contribution in [1.82, 2.24) is 29.6 Å². The highest BCUT2D eigenvalue weighted by Crippen LogP contribution is 2.33. The molecule has 1 atom stereocenters. The number of hydrogen-bond acceptors (Lipinski definition) is 7. The van der Waals surface area contributed by atoms with Gasteiger partial charge in [-0.3, -0.25) is 0 Å². The number of hydrogen-bond donors (Lipinski definition) is 2. The summed E-state index contributed by atoms with van der Waals surface area (Å²) < 4.78 is 30.5. The molecule has 160 valence electrons. The molecule has 0 saturated carbocycles. The highest BCUT2D eigenvalue weighted by molar-refractivity contribution is 7.99. The van der Waals surface area contributed by atoms with Crippen LogP contribution in [-0.2, 0) is 12.1 Å². The SMILES string of the molecule is Nn1c(SCC(O)(Cn2cncn2)c2ccc(F)cc2F)nnc1-c1ccc(Cl)cc1. The molecule has 2 aromatic carbocycles. The van der Waals surface area contributed by atoms with Gasteiger partial charge in [-0.2, -0.15) is 5.10 Å². The molecule has 1 unspecified atom stereocenters. The van der Waals surface area contributed by atoms with Crippen molar-refractivity contribution in [2.75, 3.05) is 11.6 Å². The van der Waals surface area contributed by atoms with Crippen molar-refractivity contribution in [2.24, 2.45) is 0 Å². The number of aromatic nitrogens is 6. The van der Waals surface area contributed by atoms with Crippen LogP contribution in [-0.4, -0.2) is 40.5 Å². The van der Waals surface area contributed by atoms with Gasteiger partial charge in [0.15, 0.2) is 5.82 Å². The van der Waals surface area contributed by atoms with Gasteiger partial charge in [-0.1, -0.05) is 29.4 Å². The first-order valence-corrected chi connectivity index (χ1v) is 10.3. The van der Waals surface area contributed by atoms with Gasteiger partial charge in [0.25, 0.3) is 0 Å². The van der Waals surface area contributed by atoms with Crippen LogP contribution in [0.25, 0.3) is 11.4 Å². The Morgan fingerprint density at radius 1 is 1.13 bits per heavy atom. The lowest BCUT2D eigenvalue weighted by atomic mass is 9.95. The first-order chi connectivity index (χ1) is 14.9. The zero-order valence-corrected chi connectivity index (χ0v) is 17.4. The highest BCUT2D eigenvalue weighted by atomic mass is 35.5. The lowest BCUT2D eigenvalue weighted by Gasteiger charge is -2.28. The summed E-state index contributed by atoms with van der Waals surface area (Å²) in [4.78, 5) is 3.84. The summed E-state index contributed by atoms with van der Waals surface area (Å²) in [6, 6.07) is 9.90. The minimum atomic E-state index is -1.76. The first-order valence-electron chi connectivity index (χ1n) is 8.95. The highest BCUT2D eigenvalue weighted by Gasteiger charge is 2.34. The zero-order chi connectivity index (χ0) is 22.0. The van der Waals surface area contributed by atoms with E-state index in [2.05, 4.69) is 20.3 Å². The maximum Gasteiger partial charge on any atom is 0.210 e. The van der Waals surface area contributed by atoms with Crippen LogP contribution in [0.5, 0.6) is 0 Å². The summed E-state index contributed by atoms with van der Waals surface area (Å²) in [6.45, 7) is -0.120. The van der Waals surface area contributed by atoms with Crippen LogP contribution >= 0.6 is 23.4 Å². The summed E-state index contributed by atoms with van der Waals surface area (Å²) in [5.41, 5.74) is -1.14. The molecule has 0 aliphatic heterocycles. The van der Waals surface area contributed by atoms with Crippen molar-refractivity contribution in [3.05, 3.63) is 77.3 Å². The number of thioether (sulfide) groups is 1. The molecule has 0 amide bonds. The molecule has 0 fully saturated rings. The number of aliphatic hydroxyl groups is 1. The lowest BCUT2D eigenvalue weighted by molar-refractivity contribution is 0.0360. The van der Waals surface area contributed by atoms with E-state index in [-0.39, 0.29) is 17.9 Å². The number of halogens is 3. The second kappa shape index (κ2) is 8.61. The Balaban J connectivity index is 1.61. The monoisotopic (exact) mass is 463 g/mol. The van der Waals surface area contributed by atoms with Crippen LogP contribution in [0.2, 0.25) is 5.02 Å². The van der Waals surface area contributed by atoms with E-state index in [4.69, 9.17) is 17.4 Å². The molecule has 3 N–H and O–H groups in total. The second-order valence-corrected chi connectivity index (χ2v) is 8.10. The topological polar surface area (TPSA) is 108 Å². The Hall–Kier alpha value is -3.02. The van der Waals surface area contributed by atoms with Crippen LogP contribution in [0, 0.1) is 11.6 Å². The fourth-order valence-electron chi connectivity index (χ4n) is 3.01. The number of nitrogens with zero attached hydrogens (tertiary/aromatic N) is 6. The summed E-state index contributed by atoms with van der Waals surface area (Å²) in [6.07, 6.45) is 2.69. The first kappa shape index (κ1) is 21.2. The van der Waals surface area contributed by atoms with Crippen molar-refractivity contribution in [3.8, 4) is 11.4 Å². The molecule has 2 heterocycles. The van der Waals surface area contributed by atoms with E-state index in [1.807, 2.05) is 0 Å². The Morgan fingerprint density at radius 2 is 1.90 bits per heavy atom. The number of rotatable bonds is 7. The molecule has 0 aliphatic rings. The van der Waals surface area contributed by atoms with Crippen LogP contribution in [0.15, 0.2) is 60.3 Å². The molecule has 0 saturated heterocycles. The Labute approximate surface area is 184 Å². The van der Waals surface area contributed by atoms with Crippen LogP contribution in [0.3, 0.4) is 0 Å².